The van der Waals surface area contributed by atoms with Gasteiger partial charge in [0.15, 0.2) is 0 Å². The normalized spacial score (nSPS) is 12.9. The predicted octanol–water partition coefficient (Wildman–Crippen LogP) is 19.4. The average molecular weight is 983 g/mol. The van der Waals surface area contributed by atoms with E-state index in [1.807, 2.05) is 0 Å². The Hall–Kier alpha value is -2.18. The molecule has 0 aromatic carbocycles. The molecule has 6 heteroatoms. The molecule has 0 radical (unpaired) electrons. The molecule has 0 heterocycles. The van der Waals surface area contributed by atoms with E-state index < -0.39 is 12.1 Å². The summed E-state index contributed by atoms with van der Waals surface area (Å²) in [6.45, 7) is 4.86. The summed E-state index contributed by atoms with van der Waals surface area (Å²) < 4.78 is 5.46. The first-order valence-corrected chi connectivity index (χ1v) is 30.9. The van der Waals surface area contributed by atoms with Crippen LogP contribution in [-0.4, -0.2) is 47.4 Å². The van der Waals surface area contributed by atoms with E-state index in [0.717, 1.165) is 57.8 Å². The van der Waals surface area contributed by atoms with Crippen LogP contribution in [0, 0.1) is 0 Å². The minimum absolute atomic E-state index is 0.00273. The number of nitrogens with one attached hydrogen (secondary N) is 1. The van der Waals surface area contributed by atoms with Gasteiger partial charge in [-0.2, -0.15) is 0 Å². The van der Waals surface area contributed by atoms with Crippen molar-refractivity contribution < 1.29 is 24.5 Å². The van der Waals surface area contributed by atoms with Gasteiger partial charge in [-0.3, -0.25) is 9.59 Å². The Morgan fingerprint density at radius 3 is 1.14 bits per heavy atom. The fourth-order valence-electron chi connectivity index (χ4n) is 9.36. The number of hydrogen-bond acceptors (Lipinski definition) is 5. The van der Waals surface area contributed by atoms with Crippen LogP contribution in [0.15, 0.2) is 48.6 Å². The van der Waals surface area contributed by atoms with E-state index in [1.54, 1.807) is 0 Å². The number of unbranched alkanes of at least 4 members (excludes halogenated alkanes) is 38. The second-order valence-electron chi connectivity index (χ2n) is 21.0. The lowest BCUT2D eigenvalue weighted by atomic mass is 10.0. The highest BCUT2D eigenvalue weighted by atomic mass is 16.5. The van der Waals surface area contributed by atoms with Gasteiger partial charge in [-0.1, -0.05) is 274 Å². The van der Waals surface area contributed by atoms with Gasteiger partial charge in [0.2, 0.25) is 5.91 Å². The molecule has 0 aromatic heterocycles. The van der Waals surface area contributed by atoms with Crippen LogP contribution in [0.1, 0.15) is 322 Å². The van der Waals surface area contributed by atoms with Crippen molar-refractivity contribution in [2.75, 3.05) is 13.2 Å². The highest BCUT2D eigenvalue weighted by Gasteiger charge is 2.20. The topological polar surface area (TPSA) is 95.9 Å². The molecule has 410 valence electrons. The van der Waals surface area contributed by atoms with Crippen molar-refractivity contribution in [1.29, 1.82) is 0 Å². The third-order valence-electron chi connectivity index (χ3n) is 14.1. The first-order valence-electron chi connectivity index (χ1n) is 30.9. The Morgan fingerprint density at radius 1 is 0.400 bits per heavy atom. The maximum atomic E-state index is 12.4. The van der Waals surface area contributed by atoms with Gasteiger partial charge >= 0.3 is 5.97 Å². The zero-order valence-electron chi connectivity index (χ0n) is 46.7. The number of hydrogen-bond donors (Lipinski definition) is 3. The number of esters is 1. The summed E-state index contributed by atoms with van der Waals surface area (Å²) in [7, 11) is 0. The van der Waals surface area contributed by atoms with Crippen LogP contribution in [0.3, 0.4) is 0 Å². The average Bonchev–Trinajstić information content (AvgIpc) is 3.36. The molecule has 2 unspecified atom stereocenters. The lowest BCUT2D eigenvalue weighted by Crippen LogP contribution is -2.45. The van der Waals surface area contributed by atoms with Crippen molar-refractivity contribution in [1.82, 2.24) is 5.32 Å². The lowest BCUT2D eigenvalue weighted by Gasteiger charge is -2.22. The number of amides is 1. The van der Waals surface area contributed by atoms with Crippen LogP contribution in [0.5, 0.6) is 0 Å². The second-order valence-corrected chi connectivity index (χ2v) is 21.0. The van der Waals surface area contributed by atoms with Crippen molar-refractivity contribution in [3.63, 3.8) is 0 Å². The molecule has 0 aliphatic heterocycles. The molecule has 0 saturated carbocycles. The first-order chi connectivity index (χ1) is 34.5. The number of carbonyl (C=O) groups excluding carboxylic acids is 2. The van der Waals surface area contributed by atoms with E-state index in [0.29, 0.717) is 25.9 Å². The number of aliphatic hydroxyl groups is 2. The molecule has 70 heavy (non-hydrogen) atoms. The minimum Gasteiger partial charge on any atom is -0.466 e. The highest BCUT2D eigenvalue weighted by Crippen LogP contribution is 2.17. The number of carbonyl (C=O) groups is 2. The SMILES string of the molecule is CCC/C=C\C/C=C\CCCCCCCC(=O)OCCCCCCCCCCC/C=C\C/C=C\CCCCCCCCCCCCCCCCCC(=O)NC(CO)C(O)CCCCCCCCCCC. The van der Waals surface area contributed by atoms with Crippen molar-refractivity contribution in [2.24, 2.45) is 0 Å². The fourth-order valence-corrected chi connectivity index (χ4v) is 9.36. The Labute approximate surface area is 436 Å². The minimum atomic E-state index is -0.662. The van der Waals surface area contributed by atoms with Crippen LogP contribution in [0.25, 0.3) is 0 Å². The maximum Gasteiger partial charge on any atom is 0.305 e. The molecule has 0 saturated heterocycles. The quantitative estimate of drug-likeness (QED) is 0.0321. The standard InChI is InChI=1S/C64H119NO5/c1-3-5-7-9-11-13-14-34-38-42-46-50-54-58-64(69)70-59-55-51-47-43-39-36-33-31-29-27-25-23-21-19-17-15-16-18-20-22-24-26-28-30-32-35-37-41-45-49-53-57-63(68)65-61(60-66)62(67)56-52-48-44-40-12-10-8-6-4-2/h7,9,13-14,17,19,23,25,61-62,66-67H,3-6,8,10-12,15-16,18,20-22,24,26-60H2,1-2H3,(H,65,68)/b9-7-,14-13-,19-17-,25-23-. The zero-order chi connectivity index (χ0) is 50.7. The molecule has 0 aliphatic carbocycles. The van der Waals surface area contributed by atoms with E-state index >= 15 is 0 Å². The third-order valence-corrected chi connectivity index (χ3v) is 14.1. The van der Waals surface area contributed by atoms with Crippen molar-refractivity contribution in [2.45, 2.75) is 334 Å². The molecule has 6 nitrogen and oxygen atoms in total. The van der Waals surface area contributed by atoms with E-state index in [9.17, 15) is 19.8 Å². The molecular formula is C64H119NO5. The summed E-state index contributed by atoms with van der Waals surface area (Å²) in [5, 5.41) is 23.1. The molecule has 0 aliphatic rings. The molecule has 0 rings (SSSR count). The van der Waals surface area contributed by atoms with Crippen LogP contribution in [-0.2, 0) is 14.3 Å². The Balaban J connectivity index is 3.37. The Bertz CT molecular complexity index is 1180. The molecule has 2 atom stereocenters. The summed E-state index contributed by atoms with van der Waals surface area (Å²) in [5.74, 6) is -0.0393. The number of aliphatic hydroxyl groups excluding tert-OH is 2. The summed E-state index contributed by atoms with van der Waals surface area (Å²) >= 11 is 0. The van der Waals surface area contributed by atoms with Gasteiger partial charge in [0.25, 0.3) is 0 Å². The molecular weight excluding hydrogens is 863 g/mol. The summed E-state index contributed by atoms with van der Waals surface area (Å²) in [6.07, 6.45) is 75.7. The van der Waals surface area contributed by atoms with Crippen LogP contribution < -0.4 is 5.32 Å². The van der Waals surface area contributed by atoms with Crippen LogP contribution in [0.2, 0.25) is 0 Å². The van der Waals surface area contributed by atoms with Crippen molar-refractivity contribution in [3.05, 3.63) is 48.6 Å². The first kappa shape index (κ1) is 67.8. The Kier molecular flexibility index (Phi) is 57.5. The largest absolute Gasteiger partial charge is 0.466 e. The molecule has 0 spiro atoms. The Morgan fingerprint density at radius 2 is 0.743 bits per heavy atom. The smallest absolute Gasteiger partial charge is 0.305 e. The van der Waals surface area contributed by atoms with Gasteiger partial charge in [-0.25, -0.2) is 0 Å². The van der Waals surface area contributed by atoms with Gasteiger partial charge in [-0.15, -0.1) is 0 Å². The van der Waals surface area contributed by atoms with Gasteiger partial charge in [-0.05, 0) is 83.5 Å². The molecule has 1 amide bonds. The number of allylic oxidation sites excluding steroid dienone is 8. The predicted molar refractivity (Wildman–Crippen MR) is 306 cm³/mol. The molecule has 0 aromatic rings. The lowest BCUT2D eigenvalue weighted by molar-refractivity contribution is -0.143. The van der Waals surface area contributed by atoms with Gasteiger partial charge in [0, 0.05) is 12.8 Å². The van der Waals surface area contributed by atoms with Crippen LogP contribution in [0.4, 0.5) is 0 Å². The highest BCUT2D eigenvalue weighted by molar-refractivity contribution is 5.76. The maximum absolute atomic E-state index is 12.4. The van der Waals surface area contributed by atoms with E-state index in [2.05, 4.69) is 67.8 Å². The third kappa shape index (κ3) is 55.1. The van der Waals surface area contributed by atoms with E-state index in [-0.39, 0.29) is 18.5 Å². The molecule has 0 bridgehead atoms. The summed E-state index contributed by atoms with van der Waals surface area (Å²) in [6, 6.07) is -0.539. The van der Waals surface area contributed by atoms with Gasteiger partial charge < -0.3 is 20.3 Å². The van der Waals surface area contributed by atoms with E-state index in [4.69, 9.17) is 4.74 Å². The van der Waals surface area contributed by atoms with Crippen molar-refractivity contribution in [3.8, 4) is 0 Å². The van der Waals surface area contributed by atoms with E-state index in [1.165, 1.54) is 231 Å². The second kappa shape index (κ2) is 59.4. The van der Waals surface area contributed by atoms with Crippen LogP contribution >= 0.6 is 0 Å². The zero-order valence-corrected chi connectivity index (χ0v) is 46.7. The van der Waals surface area contributed by atoms with Gasteiger partial charge in [0.1, 0.15) is 0 Å². The summed E-state index contributed by atoms with van der Waals surface area (Å²) in [4.78, 5) is 24.4. The van der Waals surface area contributed by atoms with Gasteiger partial charge in [0.05, 0.1) is 25.4 Å². The van der Waals surface area contributed by atoms with Crippen molar-refractivity contribution >= 4 is 11.9 Å². The number of rotatable bonds is 57. The fraction of sp³-hybridized carbons (Fsp3) is 0.844. The molecule has 3 N–H and O–H groups in total. The monoisotopic (exact) mass is 982 g/mol. The summed E-state index contributed by atoms with van der Waals surface area (Å²) in [5.41, 5.74) is 0. The molecule has 0 fully saturated rings. The number of ether oxygens (including phenoxy) is 1.